The lowest BCUT2D eigenvalue weighted by Gasteiger charge is -2.12. The topological polar surface area (TPSA) is 29.6 Å². The molecule has 0 aliphatic carbocycles. The summed E-state index contributed by atoms with van der Waals surface area (Å²) in [5.41, 5.74) is 28.7. The maximum absolute atomic E-state index is 2.43. The van der Waals surface area contributed by atoms with Crippen LogP contribution in [-0.4, -0.2) is 27.4 Å². The second-order valence-electron chi connectivity index (χ2n) is 28.4. The summed E-state index contributed by atoms with van der Waals surface area (Å²) < 4.78 is 14.5. The lowest BCUT2D eigenvalue weighted by atomic mass is 10.0. The van der Waals surface area contributed by atoms with Crippen LogP contribution in [-0.2, 0) is 0 Å². The number of rotatable bonds is 9. The molecule has 6 nitrogen and oxygen atoms in total. The van der Waals surface area contributed by atoms with Crippen LogP contribution in [0.15, 0.2) is 400 Å². The summed E-state index contributed by atoms with van der Waals surface area (Å²) in [5, 5.41) is 15.0. The molecule has 0 saturated heterocycles. The van der Waals surface area contributed by atoms with E-state index in [9.17, 15) is 0 Å². The Morgan fingerprint density at radius 2 is 0.296 bits per heavy atom. The summed E-state index contributed by atoms with van der Waals surface area (Å²) >= 11 is 0. The average molecular weight is 1380 g/mol. The molecule has 0 aliphatic heterocycles. The molecule has 0 radical (unpaired) electrons. The Kier molecular flexibility index (Phi) is 13.9. The first-order chi connectivity index (χ1) is 53.6. The van der Waals surface area contributed by atoms with Crippen molar-refractivity contribution in [2.45, 2.75) is 0 Å². The fourth-order valence-electron chi connectivity index (χ4n) is 17.7. The Labute approximate surface area is 622 Å². The van der Waals surface area contributed by atoms with Gasteiger partial charge in [-0.2, -0.15) is 0 Å². The van der Waals surface area contributed by atoms with Gasteiger partial charge in [-0.05, 0) is 191 Å². The maximum atomic E-state index is 2.43. The van der Waals surface area contributed by atoms with Gasteiger partial charge in [-0.25, -0.2) is 0 Å². The van der Waals surface area contributed by atoms with Crippen LogP contribution in [0, 0.1) is 0 Å². The van der Waals surface area contributed by atoms with Crippen LogP contribution in [0.2, 0.25) is 0 Å². The molecule has 6 heteroatoms. The third-order valence-electron chi connectivity index (χ3n) is 22.5. The van der Waals surface area contributed by atoms with Crippen LogP contribution in [0.3, 0.4) is 0 Å². The molecule has 6 heterocycles. The number of para-hydroxylation sites is 8. The van der Waals surface area contributed by atoms with Crippen molar-refractivity contribution in [1.29, 1.82) is 0 Å². The van der Waals surface area contributed by atoms with Gasteiger partial charge in [-0.3, -0.25) is 0 Å². The largest absolute Gasteiger partial charge is 0.309 e. The predicted molar refractivity (Wildman–Crippen MR) is 455 cm³/mol. The third-order valence-corrected chi connectivity index (χ3v) is 22.5. The first-order valence-electron chi connectivity index (χ1n) is 37.1. The summed E-state index contributed by atoms with van der Waals surface area (Å²) in [7, 11) is 0. The second-order valence-corrected chi connectivity index (χ2v) is 28.4. The van der Waals surface area contributed by atoms with E-state index in [1.54, 1.807) is 0 Å². The van der Waals surface area contributed by atoms with Gasteiger partial charge in [-0.15, -0.1) is 0 Å². The lowest BCUT2D eigenvalue weighted by Crippen LogP contribution is -1.96. The summed E-state index contributed by atoms with van der Waals surface area (Å²) in [5.74, 6) is 0. The molecule has 23 rings (SSSR count). The van der Waals surface area contributed by atoms with Crippen molar-refractivity contribution >= 4 is 131 Å². The summed E-state index contributed by atoms with van der Waals surface area (Å²) in [4.78, 5) is 0. The van der Waals surface area contributed by atoms with Gasteiger partial charge >= 0.3 is 0 Å². The molecule has 0 N–H and O–H groups in total. The summed E-state index contributed by atoms with van der Waals surface area (Å²) in [6.45, 7) is 0. The molecule has 6 aromatic heterocycles. The van der Waals surface area contributed by atoms with Crippen LogP contribution in [0.1, 0.15) is 0 Å². The minimum absolute atomic E-state index is 1.15. The van der Waals surface area contributed by atoms with E-state index in [-0.39, 0.29) is 0 Å². The second kappa shape index (κ2) is 24.6. The number of aromatic nitrogens is 6. The van der Waals surface area contributed by atoms with Crippen LogP contribution in [0.5, 0.6) is 0 Å². The zero-order valence-electron chi connectivity index (χ0n) is 58.8. The molecular weight excluding hydrogens is 1310 g/mol. The van der Waals surface area contributed by atoms with Gasteiger partial charge in [0.05, 0.1) is 66.2 Å². The highest BCUT2D eigenvalue weighted by Gasteiger charge is 2.22. The van der Waals surface area contributed by atoms with Crippen molar-refractivity contribution in [3.63, 3.8) is 0 Å². The number of fused-ring (bicyclic) bond motifs is 18. The smallest absolute Gasteiger partial charge is 0.0542 e. The number of hydrogen-bond acceptors (Lipinski definition) is 0. The van der Waals surface area contributed by atoms with Crippen molar-refractivity contribution < 1.29 is 0 Å². The summed E-state index contributed by atoms with van der Waals surface area (Å²) in [6.07, 6.45) is 0. The van der Waals surface area contributed by atoms with Gasteiger partial charge in [0, 0.05) is 98.8 Å². The van der Waals surface area contributed by atoms with Crippen molar-refractivity contribution in [3.05, 3.63) is 400 Å². The molecule has 0 spiro atoms. The molecule has 0 saturated carbocycles. The van der Waals surface area contributed by atoms with E-state index in [4.69, 9.17) is 0 Å². The van der Waals surface area contributed by atoms with Gasteiger partial charge < -0.3 is 27.4 Å². The first kappa shape index (κ1) is 61.1. The number of hydrogen-bond donors (Lipinski definition) is 0. The van der Waals surface area contributed by atoms with E-state index < -0.39 is 0 Å². The van der Waals surface area contributed by atoms with Gasteiger partial charge in [0.15, 0.2) is 0 Å². The molecule has 23 aromatic rings. The molecule has 0 atom stereocenters. The standard InChI is InChI=1S/C54H35N3.C48H31N3/c1-3-14-36(15-4-1)37-16-13-19-41(32-37)56-50-24-11-7-20-43(50)46-33-38(26-29-52(46)56)39-27-30-53-47(34-39)44-21-8-12-25-51(44)57(53)42-28-31-54-48(35-42)45-22-9-10-23-49(45)55(54)40-17-5-2-6-18-40;1-2-12-32(13-3-1)33-22-24-34(25-23-33)49-45-20-10-6-16-39(45)41-31-36(26-28-47(41)49)51-46-21-11-7-17-40(46)42-30-35(27-29-48(42)51)50-43-18-8-4-14-37(43)38-15-5-9-19-44(38)50/h1-35H;1-31H. The molecule has 108 heavy (non-hydrogen) atoms. The highest BCUT2D eigenvalue weighted by Crippen LogP contribution is 2.44. The van der Waals surface area contributed by atoms with E-state index in [2.05, 4.69) is 428 Å². The fourth-order valence-corrected chi connectivity index (χ4v) is 17.7. The Balaban J connectivity index is 0.000000135. The van der Waals surface area contributed by atoms with E-state index in [0.29, 0.717) is 0 Å². The van der Waals surface area contributed by atoms with Gasteiger partial charge in [0.25, 0.3) is 0 Å². The molecule has 0 aliphatic rings. The normalized spacial score (nSPS) is 11.9. The Morgan fingerprint density at radius 1 is 0.102 bits per heavy atom. The Bertz CT molecular complexity index is 7470. The SMILES string of the molecule is c1ccc(-c2ccc(-n3c4ccccc4c4cc(-n5c6ccccc6c6cc(-n7c8ccccc8c8ccccc87)ccc65)ccc43)cc2)cc1.c1ccc(-c2cccc(-n3c4ccccc4c4cc(-c5ccc6c(c5)c5ccccc5n6-c5ccc6c(c5)c5ccccc5n6-c5ccccc5)ccc43)c2)cc1. The third kappa shape index (κ3) is 9.60. The number of benzene rings is 17. The minimum atomic E-state index is 1.15. The minimum Gasteiger partial charge on any atom is -0.309 e. The molecule has 0 unspecified atom stereocenters. The van der Waals surface area contributed by atoms with Crippen molar-refractivity contribution in [1.82, 2.24) is 27.4 Å². The number of nitrogens with zero attached hydrogens (tertiary/aromatic N) is 6. The van der Waals surface area contributed by atoms with E-state index in [0.717, 1.165) is 22.7 Å². The van der Waals surface area contributed by atoms with Crippen molar-refractivity contribution in [2.75, 3.05) is 0 Å². The van der Waals surface area contributed by atoms with Crippen LogP contribution < -0.4 is 0 Å². The molecule has 0 bridgehead atoms. The predicted octanol–water partition coefficient (Wildman–Crippen LogP) is 27.0. The molecule has 17 aromatic carbocycles. The molecule has 0 fully saturated rings. The zero-order valence-corrected chi connectivity index (χ0v) is 58.8. The van der Waals surface area contributed by atoms with Gasteiger partial charge in [-0.1, -0.05) is 243 Å². The Hall–Kier alpha value is -14.5. The molecule has 0 amide bonds. The van der Waals surface area contributed by atoms with Gasteiger partial charge in [0.1, 0.15) is 0 Å². The average Bonchev–Trinajstić information content (AvgIpc) is 1.57. The van der Waals surface area contributed by atoms with Crippen LogP contribution >= 0.6 is 0 Å². The van der Waals surface area contributed by atoms with E-state index in [1.165, 1.54) is 176 Å². The Morgan fingerprint density at radius 3 is 0.648 bits per heavy atom. The van der Waals surface area contributed by atoms with E-state index >= 15 is 0 Å². The monoisotopic (exact) mass is 1370 g/mol. The van der Waals surface area contributed by atoms with E-state index in [1.807, 2.05) is 0 Å². The molecule has 504 valence electrons. The first-order valence-corrected chi connectivity index (χ1v) is 37.1. The summed E-state index contributed by atoms with van der Waals surface area (Å²) in [6, 6.07) is 146. The maximum Gasteiger partial charge on any atom is 0.0542 e. The van der Waals surface area contributed by atoms with Crippen LogP contribution in [0.25, 0.3) is 198 Å². The highest BCUT2D eigenvalue weighted by molar-refractivity contribution is 6.17. The highest BCUT2D eigenvalue weighted by atomic mass is 15.0. The molecular formula is C102H66N6. The lowest BCUT2D eigenvalue weighted by molar-refractivity contribution is 1.16. The fraction of sp³-hybridized carbons (Fsp3) is 0. The zero-order chi connectivity index (χ0) is 70.9. The van der Waals surface area contributed by atoms with Crippen molar-refractivity contribution in [3.8, 4) is 67.5 Å². The van der Waals surface area contributed by atoms with Crippen LogP contribution in [0.4, 0.5) is 0 Å². The van der Waals surface area contributed by atoms with Crippen molar-refractivity contribution in [2.24, 2.45) is 0 Å². The quantitative estimate of drug-likeness (QED) is 0.138. The van der Waals surface area contributed by atoms with Gasteiger partial charge in [0.2, 0.25) is 0 Å².